The van der Waals surface area contributed by atoms with Gasteiger partial charge in [0.15, 0.2) is 6.10 Å². The molecule has 0 bridgehead atoms. The molecule has 0 amide bonds. The molecule has 2 unspecified atom stereocenters. The van der Waals surface area contributed by atoms with Crippen LogP contribution >= 0.6 is 0 Å². The molecule has 0 N–H and O–H groups in total. The van der Waals surface area contributed by atoms with Crippen molar-refractivity contribution >= 4 is 17.5 Å². The molecule has 4 aliphatic heterocycles. The van der Waals surface area contributed by atoms with Gasteiger partial charge in [0.2, 0.25) is 0 Å². The second-order valence-corrected chi connectivity index (χ2v) is 11.3. The standard InChI is InChI=1S/C31H41N5O3/c1-23(17-24-7-5-4-6-8-24)20-34-11-13-35(14-12-34)21-30-26-22-38-28-19-27(36-15-9-33(2)10-16-36)29(37-3)18-25(28)31(26)32-39-30/h4-8,17-19,26,30H,9-16,20-22H2,1-3H3/b23-17+. The van der Waals surface area contributed by atoms with Gasteiger partial charge in [-0.25, -0.2) is 0 Å². The Morgan fingerprint density at radius 1 is 1.00 bits per heavy atom. The third-order valence-electron chi connectivity index (χ3n) is 8.49. The van der Waals surface area contributed by atoms with Crippen LogP contribution in [0.4, 0.5) is 5.69 Å². The Balaban J connectivity index is 1.05. The van der Waals surface area contributed by atoms with E-state index in [4.69, 9.17) is 14.3 Å². The van der Waals surface area contributed by atoms with Crippen LogP contribution in [0.2, 0.25) is 0 Å². The topological polar surface area (TPSA) is 53.0 Å². The molecule has 8 heteroatoms. The Kier molecular flexibility index (Phi) is 7.77. The zero-order valence-electron chi connectivity index (χ0n) is 23.5. The maximum atomic E-state index is 6.33. The largest absolute Gasteiger partial charge is 0.495 e. The van der Waals surface area contributed by atoms with Crippen LogP contribution in [0, 0.1) is 5.92 Å². The van der Waals surface area contributed by atoms with E-state index in [1.165, 1.54) is 11.1 Å². The number of piperazine rings is 2. The Labute approximate surface area is 232 Å². The molecular formula is C31H41N5O3. The Morgan fingerprint density at radius 3 is 2.49 bits per heavy atom. The van der Waals surface area contributed by atoms with Gasteiger partial charge in [-0.1, -0.05) is 47.1 Å². The van der Waals surface area contributed by atoms with Gasteiger partial charge in [-0.3, -0.25) is 9.80 Å². The molecule has 2 fully saturated rings. The normalized spacial score (nSPS) is 24.4. The summed E-state index contributed by atoms with van der Waals surface area (Å²) in [4.78, 5) is 15.9. The summed E-state index contributed by atoms with van der Waals surface area (Å²) >= 11 is 0. The molecule has 6 rings (SSSR count). The summed E-state index contributed by atoms with van der Waals surface area (Å²) in [5, 5.41) is 4.58. The summed E-state index contributed by atoms with van der Waals surface area (Å²) in [6.45, 7) is 13.0. The van der Waals surface area contributed by atoms with Crippen LogP contribution in [0.1, 0.15) is 18.1 Å². The number of benzene rings is 2. The van der Waals surface area contributed by atoms with Gasteiger partial charge >= 0.3 is 0 Å². The van der Waals surface area contributed by atoms with Crippen LogP contribution in [0.5, 0.6) is 11.5 Å². The lowest BCUT2D eigenvalue weighted by Gasteiger charge is -2.37. The second-order valence-electron chi connectivity index (χ2n) is 11.3. The number of nitrogens with zero attached hydrogens (tertiary/aromatic N) is 5. The minimum absolute atomic E-state index is 0.0164. The van der Waals surface area contributed by atoms with Crippen molar-refractivity contribution in [2.75, 3.05) is 91.1 Å². The van der Waals surface area contributed by atoms with Crippen molar-refractivity contribution in [2.45, 2.75) is 13.0 Å². The number of methoxy groups -OCH3 is 1. The average molecular weight is 532 g/mol. The van der Waals surface area contributed by atoms with Crippen LogP contribution in [0.3, 0.4) is 0 Å². The van der Waals surface area contributed by atoms with Crippen LogP contribution in [0.25, 0.3) is 6.08 Å². The fourth-order valence-corrected chi connectivity index (χ4v) is 6.16. The summed E-state index contributed by atoms with van der Waals surface area (Å²) < 4.78 is 12.2. The molecule has 0 aliphatic carbocycles. The predicted octanol–water partition coefficient (Wildman–Crippen LogP) is 3.28. The third kappa shape index (κ3) is 5.78. The van der Waals surface area contributed by atoms with Crippen molar-refractivity contribution in [1.82, 2.24) is 14.7 Å². The van der Waals surface area contributed by atoms with Gasteiger partial charge in [0.05, 0.1) is 18.7 Å². The van der Waals surface area contributed by atoms with Crippen LogP contribution in [0.15, 0.2) is 53.2 Å². The van der Waals surface area contributed by atoms with E-state index in [1.807, 2.05) is 0 Å². The van der Waals surface area contributed by atoms with Crippen molar-refractivity contribution in [1.29, 1.82) is 0 Å². The number of rotatable bonds is 7. The number of anilines is 1. The van der Waals surface area contributed by atoms with Gasteiger partial charge in [-0.2, -0.15) is 0 Å². The fourth-order valence-electron chi connectivity index (χ4n) is 6.16. The van der Waals surface area contributed by atoms with Crippen molar-refractivity contribution < 1.29 is 14.3 Å². The van der Waals surface area contributed by atoms with Crippen LogP contribution in [-0.2, 0) is 4.84 Å². The highest BCUT2D eigenvalue weighted by molar-refractivity contribution is 6.07. The molecule has 0 saturated carbocycles. The lowest BCUT2D eigenvalue weighted by molar-refractivity contribution is 0.0101. The van der Waals surface area contributed by atoms with Crippen molar-refractivity contribution in [3.05, 3.63) is 59.2 Å². The molecule has 0 aromatic heterocycles. The Bertz CT molecular complexity index is 1200. The maximum absolute atomic E-state index is 6.33. The van der Waals surface area contributed by atoms with E-state index in [0.29, 0.717) is 6.61 Å². The zero-order valence-corrected chi connectivity index (χ0v) is 23.5. The zero-order chi connectivity index (χ0) is 26.8. The minimum Gasteiger partial charge on any atom is -0.495 e. The molecule has 208 valence electrons. The van der Waals surface area contributed by atoms with Crippen molar-refractivity contribution in [2.24, 2.45) is 11.1 Å². The van der Waals surface area contributed by atoms with Gasteiger partial charge in [0.25, 0.3) is 0 Å². The van der Waals surface area contributed by atoms with E-state index in [9.17, 15) is 0 Å². The highest BCUT2D eigenvalue weighted by Gasteiger charge is 2.41. The lowest BCUT2D eigenvalue weighted by atomic mass is 9.89. The number of oxime groups is 1. The van der Waals surface area contributed by atoms with E-state index < -0.39 is 0 Å². The van der Waals surface area contributed by atoms with Gasteiger partial charge in [0.1, 0.15) is 23.8 Å². The minimum atomic E-state index is 0.0164. The molecule has 8 nitrogen and oxygen atoms in total. The number of hydrogen-bond acceptors (Lipinski definition) is 8. The fraction of sp³-hybridized carbons (Fsp3) is 0.516. The average Bonchev–Trinajstić information content (AvgIpc) is 3.37. The van der Waals surface area contributed by atoms with E-state index >= 15 is 0 Å². The lowest BCUT2D eigenvalue weighted by Crippen LogP contribution is -2.50. The van der Waals surface area contributed by atoms with Crippen LogP contribution in [-0.4, -0.2) is 113 Å². The summed E-state index contributed by atoms with van der Waals surface area (Å²) in [5.41, 5.74) is 5.78. The predicted molar refractivity (Wildman–Crippen MR) is 156 cm³/mol. The van der Waals surface area contributed by atoms with Crippen molar-refractivity contribution in [3.63, 3.8) is 0 Å². The molecular weight excluding hydrogens is 490 g/mol. The summed E-state index contributed by atoms with van der Waals surface area (Å²) in [6.07, 6.45) is 2.31. The number of likely N-dealkylation sites (N-methyl/N-ethyl adjacent to an activating group) is 1. The summed E-state index contributed by atoms with van der Waals surface area (Å²) in [7, 11) is 3.92. The first-order chi connectivity index (χ1) is 19.1. The third-order valence-corrected chi connectivity index (χ3v) is 8.49. The SMILES string of the molecule is COc1cc2c(cc1N1CCN(C)CC1)OCC1C2=NOC1CN1CCN(C/C(C)=C/c2ccccc2)CC1. The molecule has 0 radical (unpaired) electrons. The first-order valence-corrected chi connectivity index (χ1v) is 14.3. The number of ether oxygens (including phenoxy) is 2. The smallest absolute Gasteiger partial charge is 0.151 e. The van der Waals surface area contributed by atoms with Gasteiger partial charge < -0.3 is 24.1 Å². The van der Waals surface area contributed by atoms with E-state index in [1.54, 1.807) is 7.11 Å². The highest BCUT2D eigenvalue weighted by atomic mass is 16.6. The molecule has 2 aromatic carbocycles. The van der Waals surface area contributed by atoms with Gasteiger partial charge in [-0.05, 0) is 25.6 Å². The maximum Gasteiger partial charge on any atom is 0.151 e. The summed E-state index contributed by atoms with van der Waals surface area (Å²) in [5.74, 6) is 1.91. The molecule has 2 atom stereocenters. The van der Waals surface area contributed by atoms with Gasteiger partial charge in [-0.15, -0.1) is 0 Å². The quantitative estimate of drug-likeness (QED) is 0.544. The van der Waals surface area contributed by atoms with Crippen LogP contribution < -0.4 is 14.4 Å². The molecule has 39 heavy (non-hydrogen) atoms. The molecule has 4 aliphatic rings. The Hall–Kier alpha value is -3.07. The number of fused-ring (bicyclic) bond motifs is 3. The second kappa shape index (κ2) is 11.6. The molecule has 4 heterocycles. The Morgan fingerprint density at radius 2 is 1.74 bits per heavy atom. The first kappa shape index (κ1) is 26.2. The monoisotopic (exact) mass is 531 g/mol. The highest BCUT2D eigenvalue weighted by Crippen LogP contribution is 2.41. The summed E-state index contributed by atoms with van der Waals surface area (Å²) in [6, 6.07) is 14.8. The van der Waals surface area contributed by atoms with E-state index in [-0.39, 0.29) is 12.0 Å². The van der Waals surface area contributed by atoms with E-state index in [0.717, 1.165) is 93.9 Å². The molecule has 2 saturated heterocycles. The van der Waals surface area contributed by atoms with Gasteiger partial charge in [0, 0.05) is 77.1 Å². The number of hydrogen-bond donors (Lipinski definition) is 0. The van der Waals surface area contributed by atoms with Crippen molar-refractivity contribution in [3.8, 4) is 11.5 Å². The molecule has 0 spiro atoms. The van der Waals surface area contributed by atoms with E-state index in [2.05, 4.69) is 87.3 Å². The molecule has 2 aromatic rings. The first-order valence-electron chi connectivity index (χ1n) is 14.3.